The Bertz CT molecular complexity index is 861. The molecule has 0 bridgehead atoms. The summed E-state index contributed by atoms with van der Waals surface area (Å²) in [6.07, 6.45) is 22.2. The van der Waals surface area contributed by atoms with Gasteiger partial charge in [0.15, 0.2) is 0 Å². The van der Waals surface area contributed by atoms with Gasteiger partial charge in [-0.05, 0) is 55.7 Å². The third-order valence-corrected chi connectivity index (χ3v) is 11.0. The predicted molar refractivity (Wildman–Crippen MR) is 156 cm³/mol. The number of unbranched alkanes of at least 4 members (excludes halogenated alkanes) is 6. The molecule has 0 radical (unpaired) electrons. The topological polar surface area (TPSA) is 0 Å². The molecule has 0 nitrogen and oxygen atoms in total. The fraction of sp³-hybridized carbons (Fsp3) is 0.333. The molecule has 0 N–H and O–H groups in total. The molecule has 0 fully saturated rings. The van der Waals surface area contributed by atoms with Crippen molar-refractivity contribution in [2.24, 2.45) is 0 Å². The van der Waals surface area contributed by atoms with Crippen LogP contribution in [0.5, 0.6) is 0 Å². The summed E-state index contributed by atoms with van der Waals surface area (Å²) in [7, 11) is -1.70. The molecule has 3 rings (SSSR count). The van der Waals surface area contributed by atoms with Crippen molar-refractivity contribution >= 4 is 23.2 Å². The van der Waals surface area contributed by atoms with Gasteiger partial charge in [-0.1, -0.05) is 118 Å². The Morgan fingerprint density at radius 1 is 0.500 bits per heavy atom. The van der Waals surface area contributed by atoms with Crippen LogP contribution in [0.1, 0.15) is 64.7 Å². The molecule has 0 heterocycles. The van der Waals surface area contributed by atoms with Gasteiger partial charge in [0.25, 0.3) is 0 Å². The monoisotopic (exact) mass is 469 g/mol. The van der Waals surface area contributed by atoms with Crippen LogP contribution in [-0.4, -0.2) is 6.16 Å². The van der Waals surface area contributed by atoms with Crippen molar-refractivity contribution in [3.05, 3.63) is 115 Å². The molecule has 0 aromatic heterocycles. The Labute approximate surface area is 209 Å². The SMILES string of the molecule is CCCCCCCC/C=C\C/C=C\CC[P+](c1ccccc1)(c1ccccc1)c1ccccc1. The Balaban J connectivity index is 1.64. The van der Waals surface area contributed by atoms with Gasteiger partial charge in [-0.15, -0.1) is 0 Å². The van der Waals surface area contributed by atoms with E-state index in [1.165, 1.54) is 60.9 Å². The summed E-state index contributed by atoms with van der Waals surface area (Å²) in [6, 6.07) is 33.6. The van der Waals surface area contributed by atoms with E-state index in [0.717, 1.165) is 19.0 Å². The maximum absolute atomic E-state index is 2.40. The lowest BCUT2D eigenvalue weighted by molar-refractivity contribution is 0.611. The third-order valence-electron chi connectivity index (χ3n) is 6.55. The second-order valence-electron chi connectivity index (χ2n) is 9.06. The third kappa shape index (κ3) is 7.82. The van der Waals surface area contributed by atoms with E-state index in [4.69, 9.17) is 0 Å². The van der Waals surface area contributed by atoms with E-state index in [2.05, 4.69) is 122 Å². The zero-order chi connectivity index (χ0) is 23.7. The average Bonchev–Trinajstić information content (AvgIpc) is 2.91. The zero-order valence-corrected chi connectivity index (χ0v) is 21.9. The average molecular weight is 470 g/mol. The Hall–Kier alpha value is -2.43. The highest BCUT2D eigenvalue weighted by Gasteiger charge is 2.44. The van der Waals surface area contributed by atoms with E-state index >= 15 is 0 Å². The van der Waals surface area contributed by atoms with Crippen LogP contribution in [0.4, 0.5) is 0 Å². The molecular weight excluding hydrogens is 427 g/mol. The molecule has 0 spiro atoms. The number of allylic oxidation sites excluding steroid dienone is 4. The Morgan fingerprint density at radius 3 is 1.44 bits per heavy atom. The first-order chi connectivity index (χ1) is 16.9. The van der Waals surface area contributed by atoms with Gasteiger partial charge in [0.1, 0.15) is 23.2 Å². The van der Waals surface area contributed by atoms with Crippen LogP contribution < -0.4 is 15.9 Å². The normalized spacial score (nSPS) is 12.0. The number of hydrogen-bond acceptors (Lipinski definition) is 0. The molecule has 0 saturated carbocycles. The largest absolute Gasteiger partial charge is 0.112 e. The van der Waals surface area contributed by atoms with E-state index in [1.54, 1.807) is 0 Å². The first-order valence-corrected chi connectivity index (χ1v) is 15.2. The van der Waals surface area contributed by atoms with Crippen LogP contribution in [0, 0.1) is 0 Å². The van der Waals surface area contributed by atoms with Gasteiger partial charge in [0, 0.05) is 6.42 Å². The molecule has 3 aromatic carbocycles. The fourth-order valence-electron chi connectivity index (χ4n) is 4.70. The minimum absolute atomic E-state index is 1.04. The van der Waals surface area contributed by atoms with Gasteiger partial charge >= 0.3 is 0 Å². The second-order valence-corrected chi connectivity index (χ2v) is 12.7. The quantitative estimate of drug-likeness (QED) is 0.119. The zero-order valence-electron chi connectivity index (χ0n) is 21.0. The molecule has 0 aliphatic heterocycles. The molecule has 0 saturated heterocycles. The van der Waals surface area contributed by atoms with Crippen molar-refractivity contribution in [1.29, 1.82) is 0 Å². The van der Waals surface area contributed by atoms with E-state index in [1.807, 2.05) is 0 Å². The van der Waals surface area contributed by atoms with Crippen LogP contribution in [0.2, 0.25) is 0 Å². The fourth-order valence-corrected chi connectivity index (χ4v) is 8.95. The highest BCUT2D eigenvalue weighted by molar-refractivity contribution is 7.95. The van der Waals surface area contributed by atoms with Crippen molar-refractivity contribution in [2.75, 3.05) is 6.16 Å². The first-order valence-electron chi connectivity index (χ1n) is 13.2. The molecule has 1 heteroatoms. The molecule has 0 aliphatic rings. The lowest BCUT2D eigenvalue weighted by atomic mass is 10.1. The highest BCUT2D eigenvalue weighted by Crippen LogP contribution is 2.55. The maximum atomic E-state index is 2.40. The van der Waals surface area contributed by atoms with Crippen molar-refractivity contribution in [1.82, 2.24) is 0 Å². The summed E-state index contributed by atoms with van der Waals surface area (Å²) in [5.41, 5.74) is 0. The van der Waals surface area contributed by atoms with E-state index in [-0.39, 0.29) is 0 Å². The maximum Gasteiger partial charge on any atom is 0.112 e. The van der Waals surface area contributed by atoms with E-state index in [0.29, 0.717) is 0 Å². The summed E-state index contributed by atoms with van der Waals surface area (Å²) in [5.74, 6) is 0. The standard InChI is InChI=1S/C33H42P/c1-2-3-4-5-6-7-8-9-10-11-12-13-23-30-34(31-24-17-14-18-25-31,32-26-19-15-20-27-32)33-28-21-16-22-29-33/h9-10,12-22,24-29H,2-8,11,23,30H2,1H3/q+1/b10-9-,13-12-. The number of rotatable bonds is 15. The van der Waals surface area contributed by atoms with Gasteiger partial charge < -0.3 is 0 Å². The van der Waals surface area contributed by atoms with Crippen molar-refractivity contribution in [3.63, 3.8) is 0 Å². The molecular formula is C33H42P+. The predicted octanol–water partition coefficient (Wildman–Crippen LogP) is 8.62. The Kier molecular flexibility index (Phi) is 11.9. The van der Waals surface area contributed by atoms with Crippen LogP contribution in [-0.2, 0) is 0 Å². The molecule has 0 amide bonds. The molecule has 0 atom stereocenters. The van der Waals surface area contributed by atoms with Crippen LogP contribution in [0.3, 0.4) is 0 Å². The highest BCUT2D eigenvalue weighted by atomic mass is 31.2. The lowest BCUT2D eigenvalue weighted by Crippen LogP contribution is -2.33. The van der Waals surface area contributed by atoms with Gasteiger partial charge in [-0.25, -0.2) is 0 Å². The van der Waals surface area contributed by atoms with Crippen molar-refractivity contribution < 1.29 is 0 Å². The first kappa shape index (κ1) is 26.2. The summed E-state index contributed by atoms with van der Waals surface area (Å²) in [4.78, 5) is 0. The number of hydrogen-bond donors (Lipinski definition) is 0. The van der Waals surface area contributed by atoms with Gasteiger partial charge in [0.2, 0.25) is 0 Å². The van der Waals surface area contributed by atoms with Crippen LogP contribution in [0.15, 0.2) is 115 Å². The summed E-state index contributed by atoms with van der Waals surface area (Å²) in [6.45, 7) is 2.28. The smallest absolute Gasteiger partial charge is 0.0882 e. The van der Waals surface area contributed by atoms with Crippen LogP contribution >= 0.6 is 7.26 Å². The van der Waals surface area contributed by atoms with Crippen LogP contribution in [0.25, 0.3) is 0 Å². The molecule has 0 aliphatic carbocycles. The second kappa shape index (κ2) is 15.5. The van der Waals surface area contributed by atoms with Crippen molar-refractivity contribution in [3.8, 4) is 0 Å². The summed E-state index contributed by atoms with van der Waals surface area (Å²) in [5, 5.41) is 4.42. The van der Waals surface area contributed by atoms with Gasteiger partial charge in [0.05, 0.1) is 6.16 Å². The molecule has 3 aromatic rings. The van der Waals surface area contributed by atoms with Crippen molar-refractivity contribution in [2.45, 2.75) is 64.7 Å². The molecule has 0 unspecified atom stereocenters. The van der Waals surface area contributed by atoms with Gasteiger partial charge in [-0.2, -0.15) is 0 Å². The lowest BCUT2D eigenvalue weighted by Gasteiger charge is -2.27. The van der Waals surface area contributed by atoms with Gasteiger partial charge in [-0.3, -0.25) is 0 Å². The minimum Gasteiger partial charge on any atom is -0.0882 e. The molecule has 34 heavy (non-hydrogen) atoms. The summed E-state index contributed by atoms with van der Waals surface area (Å²) < 4.78 is 0. The minimum atomic E-state index is -1.70. The van der Waals surface area contributed by atoms with E-state index in [9.17, 15) is 0 Å². The Morgan fingerprint density at radius 2 is 0.941 bits per heavy atom. The molecule has 178 valence electrons. The van der Waals surface area contributed by atoms with E-state index < -0.39 is 7.26 Å². The summed E-state index contributed by atoms with van der Waals surface area (Å²) >= 11 is 0. The number of benzene rings is 3.